The number of aromatic nitrogens is 1. The van der Waals surface area contributed by atoms with E-state index in [0.717, 1.165) is 35.5 Å². The van der Waals surface area contributed by atoms with E-state index in [2.05, 4.69) is 37.5 Å². The standard InChI is InChI=1S/C18H23NO2/c1-12-9-13-15(10-18(2,3)11-16(13)20)19(12)14-7-5-6-8-17(14)21-4/h5-9,16,20H,10-11H2,1-4H3. The van der Waals surface area contributed by atoms with Gasteiger partial charge >= 0.3 is 0 Å². The van der Waals surface area contributed by atoms with Crippen LogP contribution in [0, 0.1) is 12.3 Å². The molecule has 3 nitrogen and oxygen atoms in total. The number of methoxy groups -OCH3 is 1. The molecule has 3 rings (SSSR count). The molecule has 0 saturated carbocycles. The number of aliphatic hydroxyl groups is 1. The van der Waals surface area contributed by atoms with Gasteiger partial charge in [0.25, 0.3) is 0 Å². The number of fused-ring (bicyclic) bond motifs is 1. The van der Waals surface area contributed by atoms with E-state index in [9.17, 15) is 5.11 Å². The summed E-state index contributed by atoms with van der Waals surface area (Å²) in [6.45, 7) is 6.52. The van der Waals surface area contributed by atoms with Gasteiger partial charge < -0.3 is 14.4 Å². The van der Waals surface area contributed by atoms with Crippen LogP contribution in [-0.4, -0.2) is 16.8 Å². The van der Waals surface area contributed by atoms with Crippen molar-refractivity contribution < 1.29 is 9.84 Å². The lowest BCUT2D eigenvalue weighted by Gasteiger charge is -2.34. The highest BCUT2D eigenvalue weighted by atomic mass is 16.5. The van der Waals surface area contributed by atoms with Crippen LogP contribution in [0.4, 0.5) is 0 Å². The topological polar surface area (TPSA) is 34.4 Å². The molecule has 1 aromatic heterocycles. The fourth-order valence-electron chi connectivity index (χ4n) is 3.49. The largest absolute Gasteiger partial charge is 0.495 e. The zero-order valence-electron chi connectivity index (χ0n) is 13.2. The SMILES string of the molecule is COc1ccccc1-n1c(C)cc2c1CC(C)(C)CC2O. The van der Waals surface area contributed by atoms with Crippen LogP contribution in [0.5, 0.6) is 5.75 Å². The third-order valence-electron chi connectivity index (χ3n) is 4.40. The molecule has 0 fully saturated rings. The normalized spacial score (nSPS) is 20.1. The molecule has 21 heavy (non-hydrogen) atoms. The van der Waals surface area contributed by atoms with Crippen molar-refractivity contribution in [3.8, 4) is 11.4 Å². The molecule has 0 spiro atoms. The number of aryl methyl sites for hydroxylation is 1. The fourth-order valence-corrected chi connectivity index (χ4v) is 3.49. The number of aliphatic hydroxyl groups excluding tert-OH is 1. The van der Waals surface area contributed by atoms with Crippen molar-refractivity contribution >= 4 is 0 Å². The lowest BCUT2D eigenvalue weighted by Crippen LogP contribution is -2.26. The van der Waals surface area contributed by atoms with E-state index in [1.807, 2.05) is 18.2 Å². The zero-order valence-corrected chi connectivity index (χ0v) is 13.2. The summed E-state index contributed by atoms with van der Waals surface area (Å²) >= 11 is 0. The average molecular weight is 285 g/mol. The Hall–Kier alpha value is -1.74. The molecule has 1 aromatic carbocycles. The van der Waals surface area contributed by atoms with Gasteiger partial charge in [0.05, 0.1) is 18.9 Å². The van der Waals surface area contributed by atoms with E-state index in [1.54, 1.807) is 7.11 Å². The second-order valence-corrected chi connectivity index (χ2v) is 6.76. The van der Waals surface area contributed by atoms with Crippen molar-refractivity contribution in [3.63, 3.8) is 0 Å². The monoisotopic (exact) mass is 285 g/mol. The van der Waals surface area contributed by atoms with Crippen LogP contribution in [0.3, 0.4) is 0 Å². The highest BCUT2D eigenvalue weighted by Gasteiger charge is 2.34. The Labute approximate surface area is 126 Å². The van der Waals surface area contributed by atoms with Crippen molar-refractivity contribution in [2.45, 2.75) is 39.7 Å². The predicted octanol–water partition coefficient (Wildman–Crippen LogP) is 3.80. The smallest absolute Gasteiger partial charge is 0.142 e. The summed E-state index contributed by atoms with van der Waals surface area (Å²) in [4.78, 5) is 0. The highest BCUT2D eigenvalue weighted by Crippen LogP contribution is 2.43. The summed E-state index contributed by atoms with van der Waals surface area (Å²) in [7, 11) is 1.70. The van der Waals surface area contributed by atoms with E-state index in [4.69, 9.17) is 4.74 Å². The van der Waals surface area contributed by atoms with E-state index in [-0.39, 0.29) is 11.5 Å². The molecule has 0 aliphatic heterocycles. The molecule has 112 valence electrons. The molecule has 0 radical (unpaired) electrons. The second-order valence-electron chi connectivity index (χ2n) is 6.76. The van der Waals surface area contributed by atoms with Gasteiger partial charge in [-0.3, -0.25) is 0 Å². The van der Waals surface area contributed by atoms with Crippen molar-refractivity contribution in [1.29, 1.82) is 0 Å². The van der Waals surface area contributed by atoms with E-state index < -0.39 is 0 Å². The molecule has 0 amide bonds. The predicted molar refractivity (Wildman–Crippen MR) is 84.1 cm³/mol. The number of hydrogen-bond acceptors (Lipinski definition) is 2. The Kier molecular flexibility index (Phi) is 3.33. The molecule has 2 aromatic rings. The van der Waals surface area contributed by atoms with Gasteiger partial charge in [0.1, 0.15) is 5.75 Å². The maximum absolute atomic E-state index is 10.5. The van der Waals surface area contributed by atoms with Crippen LogP contribution in [0.2, 0.25) is 0 Å². The third kappa shape index (κ3) is 2.36. The van der Waals surface area contributed by atoms with Crippen LogP contribution in [0.1, 0.15) is 43.3 Å². The quantitative estimate of drug-likeness (QED) is 0.910. The Morgan fingerprint density at radius 2 is 2.00 bits per heavy atom. The highest BCUT2D eigenvalue weighted by molar-refractivity contribution is 5.52. The number of hydrogen-bond donors (Lipinski definition) is 1. The van der Waals surface area contributed by atoms with Gasteiger partial charge in [0.15, 0.2) is 0 Å². The van der Waals surface area contributed by atoms with Gasteiger partial charge in [-0.15, -0.1) is 0 Å². The van der Waals surface area contributed by atoms with Gasteiger partial charge in [0, 0.05) is 17.0 Å². The molecular formula is C18H23NO2. The molecule has 1 aliphatic carbocycles. The first-order valence-electron chi connectivity index (χ1n) is 7.45. The Bertz CT molecular complexity index is 670. The Morgan fingerprint density at radius 1 is 1.29 bits per heavy atom. The molecule has 0 saturated heterocycles. The molecule has 1 aliphatic rings. The minimum absolute atomic E-state index is 0.108. The average Bonchev–Trinajstić information content (AvgIpc) is 2.74. The van der Waals surface area contributed by atoms with Crippen LogP contribution in [0.25, 0.3) is 5.69 Å². The number of benzene rings is 1. The number of ether oxygens (including phenoxy) is 1. The maximum Gasteiger partial charge on any atom is 0.142 e. The van der Waals surface area contributed by atoms with Crippen LogP contribution >= 0.6 is 0 Å². The molecular weight excluding hydrogens is 262 g/mol. The van der Waals surface area contributed by atoms with Crippen molar-refractivity contribution in [2.24, 2.45) is 5.41 Å². The van der Waals surface area contributed by atoms with Gasteiger partial charge in [-0.1, -0.05) is 26.0 Å². The summed E-state index contributed by atoms with van der Waals surface area (Å²) in [5.74, 6) is 0.858. The van der Waals surface area contributed by atoms with Crippen LogP contribution < -0.4 is 4.74 Å². The summed E-state index contributed by atoms with van der Waals surface area (Å²) in [6, 6.07) is 10.2. The zero-order chi connectivity index (χ0) is 15.2. The molecule has 0 bridgehead atoms. The first kappa shape index (κ1) is 14.2. The molecule has 1 atom stereocenters. The maximum atomic E-state index is 10.5. The van der Waals surface area contributed by atoms with Crippen molar-refractivity contribution in [3.05, 3.63) is 47.3 Å². The Balaban J connectivity index is 2.21. The minimum atomic E-state index is -0.376. The third-order valence-corrected chi connectivity index (χ3v) is 4.40. The van der Waals surface area contributed by atoms with E-state index >= 15 is 0 Å². The first-order valence-corrected chi connectivity index (χ1v) is 7.45. The molecule has 1 unspecified atom stereocenters. The first-order chi connectivity index (χ1) is 9.93. The molecule has 1 heterocycles. The van der Waals surface area contributed by atoms with Gasteiger partial charge in [0.2, 0.25) is 0 Å². The molecule has 1 N–H and O–H groups in total. The summed E-state index contributed by atoms with van der Waals surface area (Å²) in [5.41, 5.74) is 4.57. The molecule has 3 heteroatoms. The van der Waals surface area contributed by atoms with Crippen LogP contribution in [0.15, 0.2) is 30.3 Å². The summed E-state index contributed by atoms with van der Waals surface area (Å²) < 4.78 is 7.75. The number of rotatable bonds is 2. The lowest BCUT2D eigenvalue weighted by atomic mass is 9.75. The fraction of sp³-hybridized carbons (Fsp3) is 0.444. The van der Waals surface area contributed by atoms with Gasteiger partial charge in [-0.05, 0) is 43.4 Å². The summed E-state index contributed by atoms with van der Waals surface area (Å²) in [6.07, 6.45) is 1.40. The lowest BCUT2D eigenvalue weighted by molar-refractivity contribution is 0.0986. The van der Waals surface area contributed by atoms with E-state index in [0.29, 0.717) is 0 Å². The van der Waals surface area contributed by atoms with E-state index in [1.165, 1.54) is 5.69 Å². The second kappa shape index (κ2) is 4.92. The van der Waals surface area contributed by atoms with Crippen molar-refractivity contribution in [2.75, 3.05) is 7.11 Å². The number of para-hydroxylation sites is 2. The van der Waals surface area contributed by atoms with Gasteiger partial charge in [-0.2, -0.15) is 0 Å². The Morgan fingerprint density at radius 3 is 2.71 bits per heavy atom. The number of nitrogens with zero attached hydrogens (tertiary/aromatic N) is 1. The van der Waals surface area contributed by atoms with Gasteiger partial charge in [-0.25, -0.2) is 0 Å². The van der Waals surface area contributed by atoms with Crippen molar-refractivity contribution in [1.82, 2.24) is 4.57 Å². The van der Waals surface area contributed by atoms with Crippen LogP contribution in [-0.2, 0) is 6.42 Å². The minimum Gasteiger partial charge on any atom is -0.495 e. The summed E-state index contributed by atoms with van der Waals surface area (Å²) in [5, 5.41) is 10.5.